The Morgan fingerprint density at radius 1 is 1.15 bits per heavy atom. The lowest BCUT2D eigenvalue weighted by Gasteiger charge is -2.13. The molecule has 1 aromatic rings. The van der Waals surface area contributed by atoms with E-state index in [0.29, 0.717) is 12.8 Å². The maximum Gasteiger partial charge on any atom is 0.335 e. The fourth-order valence-electron chi connectivity index (χ4n) is 2.04. The van der Waals surface area contributed by atoms with Crippen LogP contribution in [-0.4, -0.2) is 29.9 Å². The van der Waals surface area contributed by atoms with Gasteiger partial charge in [-0.25, -0.2) is 4.79 Å². The second-order valence-corrected chi connectivity index (χ2v) is 4.85. The van der Waals surface area contributed by atoms with Crippen molar-refractivity contribution in [3.8, 4) is 0 Å². The Kier molecular flexibility index (Phi) is 3.74. The van der Waals surface area contributed by atoms with E-state index < -0.39 is 11.4 Å². The Morgan fingerprint density at radius 3 is 2.20 bits per heavy atom. The van der Waals surface area contributed by atoms with E-state index in [9.17, 15) is 14.4 Å². The van der Waals surface area contributed by atoms with Crippen molar-refractivity contribution in [3.05, 3.63) is 35.4 Å². The molecule has 6 heteroatoms. The molecular formula is C14H16N2O4. The van der Waals surface area contributed by atoms with E-state index in [-0.39, 0.29) is 23.9 Å². The molecule has 1 aromatic carbocycles. The minimum atomic E-state index is -0.989. The zero-order chi connectivity index (χ0) is 14.8. The van der Waals surface area contributed by atoms with Crippen molar-refractivity contribution in [3.63, 3.8) is 0 Å². The van der Waals surface area contributed by atoms with Crippen molar-refractivity contribution >= 4 is 17.8 Å². The van der Waals surface area contributed by atoms with E-state index >= 15 is 0 Å². The molecule has 1 aliphatic rings. The van der Waals surface area contributed by atoms with Crippen LogP contribution >= 0.6 is 0 Å². The molecule has 0 radical (unpaired) electrons. The van der Waals surface area contributed by atoms with Crippen LogP contribution in [0, 0.1) is 5.41 Å². The molecule has 1 aliphatic carbocycles. The summed E-state index contributed by atoms with van der Waals surface area (Å²) >= 11 is 0. The molecule has 6 nitrogen and oxygen atoms in total. The van der Waals surface area contributed by atoms with Crippen LogP contribution in [0.5, 0.6) is 0 Å². The van der Waals surface area contributed by atoms with Crippen molar-refractivity contribution in [1.82, 2.24) is 10.6 Å². The van der Waals surface area contributed by atoms with Crippen LogP contribution in [0.25, 0.3) is 0 Å². The molecule has 0 unspecified atom stereocenters. The van der Waals surface area contributed by atoms with Gasteiger partial charge in [-0.1, -0.05) is 12.1 Å². The first-order valence-electron chi connectivity index (χ1n) is 6.32. The summed E-state index contributed by atoms with van der Waals surface area (Å²) in [7, 11) is 1.51. The van der Waals surface area contributed by atoms with Crippen LogP contribution < -0.4 is 10.6 Å². The van der Waals surface area contributed by atoms with Crippen LogP contribution in [0.2, 0.25) is 0 Å². The smallest absolute Gasteiger partial charge is 0.335 e. The highest BCUT2D eigenvalue weighted by Crippen LogP contribution is 2.46. The number of carbonyl (C=O) groups excluding carboxylic acids is 2. The Balaban J connectivity index is 1.94. The van der Waals surface area contributed by atoms with Crippen LogP contribution in [-0.2, 0) is 16.1 Å². The van der Waals surface area contributed by atoms with Crippen LogP contribution in [0.4, 0.5) is 0 Å². The molecular weight excluding hydrogens is 260 g/mol. The number of aromatic carboxylic acids is 1. The van der Waals surface area contributed by atoms with Crippen LogP contribution in [0.15, 0.2) is 24.3 Å². The second kappa shape index (κ2) is 5.32. The highest BCUT2D eigenvalue weighted by molar-refractivity contribution is 6.07. The first kappa shape index (κ1) is 14.0. The molecule has 0 atom stereocenters. The minimum absolute atomic E-state index is 0.198. The van der Waals surface area contributed by atoms with E-state index in [1.807, 2.05) is 0 Å². The number of carboxylic acid groups (broad SMARTS) is 1. The molecule has 0 bridgehead atoms. The molecule has 106 valence electrons. The fraction of sp³-hybridized carbons (Fsp3) is 0.357. The molecule has 0 saturated heterocycles. The Labute approximate surface area is 116 Å². The van der Waals surface area contributed by atoms with E-state index in [2.05, 4.69) is 10.6 Å². The monoisotopic (exact) mass is 276 g/mol. The minimum Gasteiger partial charge on any atom is -0.478 e. The molecule has 3 N–H and O–H groups in total. The van der Waals surface area contributed by atoms with Crippen molar-refractivity contribution < 1.29 is 19.5 Å². The summed E-state index contributed by atoms with van der Waals surface area (Å²) in [5.41, 5.74) is 0.0793. The van der Waals surface area contributed by atoms with E-state index in [1.54, 1.807) is 12.1 Å². The van der Waals surface area contributed by atoms with Gasteiger partial charge in [0.15, 0.2) is 0 Å². The average Bonchev–Trinajstić information content (AvgIpc) is 3.26. The van der Waals surface area contributed by atoms with Gasteiger partial charge in [-0.05, 0) is 30.5 Å². The standard InChI is InChI=1S/C14H16N2O4/c1-15-12(19)14(6-7-14)13(20)16-8-9-2-4-10(5-3-9)11(17)18/h2-5H,6-8H2,1H3,(H,15,19)(H,16,20)(H,17,18). The third kappa shape index (κ3) is 2.64. The number of nitrogens with one attached hydrogen (secondary N) is 2. The molecule has 2 amide bonds. The summed E-state index contributed by atoms with van der Waals surface area (Å²) < 4.78 is 0. The van der Waals surface area contributed by atoms with Crippen molar-refractivity contribution in [1.29, 1.82) is 0 Å². The molecule has 0 aliphatic heterocycles. The zero-order valence-corrected chi connectivity index (χ0v) is 11.1. The predicted octanol–water partition coefficient (Wildman–Crippen LogP) is 0.527. The number of rotatable bonds is 5. The van der Waals surface area contributed by atoms with E-state index in [4.69, 9.17) is 5.11 Å². The topological polar surface area (TPSA) is 95.5 Å². The van der Waals surface area contributed by atoms with Gasteiger partial charge in [0.1, 0.15) is 5.41 Å². The van der Waals surface area contributed by atoms with Crippen LogP contribution in [0.1, 0.15) is 28.8 Å². The lowest BCUT2D eigenvalue weighted by atomic mass is 10.1. The van der Waals surface area contributed by atoms with Gasteiger partial charge in [-0.15, -0.1) is 0 Å². The normalized spacial score (nSPS) is 15.2. The Morgan fingerprint density at radius 2 is 1.75 bits per heavy atom. The van der Waals surface area contributed by atoms with Crippen molar-refractivity contribution in [2.45, 2.75) is 19.4 Å². The summed E-state index contributed by atoms with van der Waals surface area (Å²) in [4.78, 5) is 34.4. The first-order chi connectivity index (χ1) is 9.49. The Bertz CT molecular complexity index is 547. The maximum absolute atomic E-state index is 12.0. The summed E-state index contributed by atoms with van der Waals surface area (Å²) in [5, 5.41) is 14.0. The second-order valence-electron chi connectivity index (χ2n) is 4.85. The highest BCUT2D eigenvalue weighted by atomic mass is 16.4. The predicted molar refractivity (Wildman–Crippen MR) is 71.0 cm³/mol. The molecule has 0 heterocycles. The lowest BCUT2D eigenvalue weighted by Crippen LogP contribution is -2.41. The van der Waals surface area contributed by atoms with Gasteiger partial charge < -0.3 is 15.7 Å². The zero-order valence-electron chi connectivity index (χ0n) is 11.1. The number of hydrogen-bond acceptors (Lipinski definition) is 3. The lowest BCUT2D eigenvalue weighted by molar-refractivity contribution is -0.137. The van der Waals surface area contributed by atoms with Gasteiger partial charge in [-0.3, -0.25) is 9.59 Å². The molecule has 2 rings (SSSR count). The summed E-state index contributed by atoms with van der Waals surface area (Å²) in [6.45, 7) is 0.275. The largest absolute Gasteiger partial charge is 0.478 e. The highest BCUT2D eigenvalue weighted by Gasteiger charge is 2.55. The molecule has 1 saturated carbocycles. The van der Waals surface area contributed by atoms with Gasteiger partial charge >= 0.3 is 5.97 Å². The van der Waals surface area contributed by atoms with E-state index in [1.165, 1.54) is 19.2 Å². The van der Waals surface area contributed by atoms with Gasteiger partial charge in [0.2, 0.25) is 11.8 Å². The third-order valence-corrected chi connectivity index (χ3v) is 3.50. The number of carbonyl (C=O) groups is 3. The number of carboxylic acids is 1. The summed E-state index contributed by atoms with van der Waals surface area (Å²) in [6.07, 6.45) is 1.13. The average molecular weight is 276 g/mol. The van der Waals surface area contributed by atoms with Gasteiger partial charge in [0.05, 0.1) is 5.56 Å². The Hall–Kier alpha value is -2.37. The molecule has 0 aromatic heterocycles. The molecule has 0 spiro atoms. The number of hydrogen-bond donors (Lipinski definition) is 3. The molecule has 20 heavy (non-hydrogen) atoms. The number of amides is 2. The van der Waals surface area contributed by atoms with Crippen molar-refractivity contribution in [2.75, 3.05) is 7.05 Å². The van der Waals surface area contributed by atoms with Gasteiger partial charge in [0.25, 0.3) is 0 Å². The van der Waals surface area contributed by atoms with Crippen LogP contribution in [0.3, 0.4) is 0 Å². The SMILES string of the molecule is CNC(=O)C1(C(=O)NCc2ccc(C(=O)O)cc2)CC1. The van der Waals surface area contributed by atoms with Gasteiger partial charge in [0, 0.05) is 13.6 Å². The fourth-order valence-corrected chi connectivity index (χ4v) is 2.04. The van der Waals surface area contributed by atoms with Gasteiger partial charge in [-0.2, -0.15) is 0 Å². The molecule has 1 fully saturated rings. The summed E-state index contributed by atoms with van der Waals surface area (Å²) in [6, 6.07) is 6.25. The third-order valence-electron chi connectivity index (χ3n) is 3.50. The maximum atomic E-state index is 12.0. The van der Waals surface area contributed by atoms with Crippen molar-refractivity contribution in [2.24, 2.45) is 5.41 Å². The van der Waals surface area contributed by atoms with E-state index in [0.717, 1.165) is 5.56 Å². The quantitative estimate of drug-likeness (QED) is 0.683. The first-order valence-corrected chi connectivity index (χ1v) is 6.32. The summed E-state index contributed by atoms with van der Waals surface area (Å²) in [5.74, 6) is -1.52. The number of benzene rings is 1.